The van der Waals surface area contributed by atoms with E-state index in [1.807, 2.05) is 12.2 Å². The van der Waals surface area contributed by atoms with Gasteiger partial charge in [-0.15, -0.1) is 0 Å². The van der Waals surface area contributed by atoms with Crippen molar-refractivity contribution >= 4 is 22.6 Å². The topological polar surface area (TPSA) is 62.5 Å². The second kappa shape index (κ2) is 5.15. The Morgan fingerprint density at radius 2 is 1.88 bits per heavy atom. The summed E-state index contributed by atoms with van der Waals surface area (Å²) in [7, 11) is 0. The summed E-state index contributed by atoms with van der Waals surface area (Å²) in [5.41, 5.74) is -1.53. The van der Waals surface area contributed by atoms with E-state index < -0.39 is 28.6 Å². The van der Waals surface area contributed by atoms with Crippen molar-refractivity contribution in [2.24, 2.45) is 0 Å². The van der Waals surface area contributed by atoms with Crippen molar-refractivity contribution in [3.63, 3.8) is 0 Å². The second-order valence-corrected chi connectivity index (χ2v) is 6.11. The van der Waals surface area contributed by atoms with Crippen molar-refractivity contribution in [3.05, 3.63) is 51.8 Å². The van der Waals surface area contributed by atoms with Gasteiger partial charge in [-0.1, -0.05) is 12.2 Å². The molecule has 2 heterocycles. The van der Waals surface area contributed by atoms with Gasteiger partial charge >= 0.3 is 5.97 Å². The van der Waals surface area contributed by atoms with Gasteiger partial charge in [0.25, 0.3) is 0 Å². The van der Waals surface area contributed by atoms with Crippen LogP contribution in [0.5, 0.6) is 0 Å². The number of carboxylic acids is 1. The van der Waals surface area contributed by atoms with Gasteiger partial charge in [0.05, 0.1) is 10.9 Å². The van der Waals surface area contributed by atoms with Gasteiger partial charge in [0.15, 0.2) is 5.82 Å². The molecular formula is C17H14F2N2O3. The first-order valence-electron chi connectivity index (χ1n) is 7.69. The molecule has 1 aliphatic carbocycles. The molecule has 1 saturated carbocycles. The molecule has 0 bridgehead atoms. The molecule has 5 nitrogen and oxygen atoms in total. The van der Waals surface area contributed by atoms with Gasteiger partial charge in [-0.2, -0.15) is 0 Å². The van der Waals surface area contributed by atoms with Crippen LogP contribution in [0.15, 0.2) is 29.2 Å². The SMILES string of the molecule is O=C(O)c1cn(C2CC2)c2c(F)c(N3CC=CC3)c(F)cc2c1=O. The maximum absolute atomic E-state index is 15.1. The Bertz CT molecular complexity index is 953. The Hall–Kier alpha value is -2.70. The summed E-state index contributed by atoms with van der Waals surface area (Å²) in [6.07, 6.45) is 6.34. The minimum atomic E-state index is -1.40. The van der Waals surface area contributed by atoms with E-state index in [0.29, 0.717) is 13.1 Å². The van der Waals surface area contributed by atoms with Crippen molar-refractivity contribution in [3.8, 4) is 0 Å². The molecular weight excluding hydrogens is 318 g/mol. The molecule has 0 atom stereocenters. The molecule has 0 amide bonds. The molecule has 1 aromatic carbocycles. The molecule has 124 valence electrons. The number of aromatic carboxylic acids is 1. The summed E-state index contributed by atoms with van der Waals surface area (Å²) in [5, 5.41) is 8.97. The largest absolute Gasteiger partial charge is 0.477 e. The molecule has 24 heavy (non-hydrogen) atoms. The Kier molecular flexibility index (Phi) is 3.19. The number of pyridine rings is 1. The number of nitrogens with zero attached hydrogens (tertiary/aromatic N) is 2. The van der Waals surface area contributed by atoms with Gasteiger partial charge in [0.2, 0.25) is 5.43 Å². The third-order valence-corrected chi connectivity index (χ3v) is 4.49. The molecule has 0 radical (unpaired) electrons. The number of hydrogen-bond acceptors (Lipinski definition) is 3. The Labute approximate surface area is 135 Å². The van der Waals surface area contributed by atoms with Crippen molar-refractivity contribution in [2.45, 2.75) is 18.9 Å². The minimum absolute atomic E-state index is 0.0178. The van der Waals surface area contributed by atoms with Gasteiger partial charge in [0, 0.05) is 25.3 Å². The van der Waals surface area contributed by atoms with E-state index in [0.717, 1.165) is 18.9 Å². The van der Waals surface area contributed by atoms with Crippen molar-refractivity contribution in [2.75, 3.05) is 18.0 Å². The average Bonchev–Trinajstić information content (AvgIpc) is 3.24. The third kappa shape index (κ3) is 2.11. The van der Waals surface area contributed by atoms with Crippen LogP contribution in [-0.2, 0) is 0 Å². The lowest BCUT2D eigenvalue weighted by atomic mass is 10.1. The quantitative estimate of drug-likeness (QED) is 0.878. The van der Waals surface area contributed by atoms with E-state index >= 15 is 4.39 Å². The first kappa shape index (κ1) is 14.9. The van der Waals surface area contributed by atoms with Gasteiger partial charge in [-0.3, -0.25) is 4.79 Å². The van der Waals surface area contributed by atoms with E-state index in [4.69, 9.17) is 0 Å². The Morgan fingerprint density at radius 3 is 2.46 bits per heavy atom. The van der Waals surface area contributed by atoms with Gasteiger partial charge < -0.3 is 14.6 Å². The number of fused-ring (bicyclic) bond motifs is 1. The molecule has 0 unspecified atom stereocenters. The van der Waals surface area contributed by atoms with Gasteiger partial charge in [-0.25, -0.2) is 13.6 Å². The molecule has 2 aliphatic rings. The van der Waals surface area contributed by atoms with E-state index in [9.17, 15) is 19.1 Å². The van der Waals surface area contributed by atoms with E-state index in [-0.39, 0.29) is 22.6 Å². The van der Waals surface area contributed by atoms with Crippen LogP contribution in [0.3, 0.4) is 0 Å². The lowest BCUT2D eigenvalue weighted by Crippen LogP contribution is -2.24. The third-order valence-electron chi connectivity index (χ3n) is 4.49. The summed E-state index contributed by atoms with van der Waals surface area (Å²) in [4.78, 5) is 25.2. The van der Waals surface area contributed by atoms with Crippen molar-refractivity contribution in [1.29, 1.82) is 0 Å². The maximum atomic E-state index is 15.1. The maximum Gasteiger partial charge on any atom is 0.341 e. The zero-order chi connectivity index (χ0) is 17.0. The van der Waals surface area contributed by atoms with Crippen LogP contribution in [0.2, 0.25) is 0 Å². The predicted octanol–water partition coefficient (Wildman–Crippen LogP) is 2.69. The molecule has 0 saturated heterocycles. The minimum Gasteiger partial charge on any atom is -0.477 e. The number of benzene rings is 1. The summed E-state index contributed by atoms with van der Waals surface area (Å²) >= 11 is 0. The summed E-state index contributed by atoms with van der Waals surface area (Å²) in [5.74, 6) is -3.06. The van der Waals surface area contributed by atoms with Gasteiger partial charge in [0.1, 0.15) is 17.1 Å². The molecule has 0 spiro atoms. The molecule has 7 heteroatoms. The molecule has 1 N–H and O–H groups in total. The summed E-state index contributed by atoms with van der Waals surface area (Å²) in [6.45, 7) is 0.778. The molecule has 1 aromatic heterocycles. The first-order chi connectivity index (χ1) is 11.5. The summed E-state index contributed by atoms with van der Waals surface area (Å²) < 4.78 is 31.1. The Balaban J connectivity index is 2.07. The second-order valence-electron chi connectivity index (χ2n) is 6.11. The van der Waals surface area contributed by atoms with E-state index in [1.54, 1.807) is 0 Å². The highest BCUT2D eigenvalue weighted by molar-refractivity contribution is 5.94. The number of halogens is 2. The van der Waals surface area contributed by atoms with E-state index in [1.165, 1.54) is 15.7 Å². The van der Waals surface area contributed by atoms with Crippen molar-refractivity contribution in [1.82, 2.24) is 4.57 Å². The van der Waals surface area contributed by atoms with Crippen LogP contribution >= 0.6 is 0 Å². The monoisotopic (exact) mass is 332 g/mol. The highest BCUT2D eigenvalue weighted by Crippen LogP contribution is 2.39. The number of carbonyl (C=O) groups is 1. The fraction of sp³-hybridized carbons (Fsp3) is 0.294. The number of rotatable bonds is 3. The smallest absolute Gasteiger partial charge is 0.341 e. The fourth-order valence-electron chi connectivity index (χ4n) is 3.18. The Morgan fingerprint density at radius 1 is 1.21 bits per heavy atom. The fourth-order valence-corrected chi connectivity index (χ4v) is 3.18. The molecule has 1 aliphatic heterocycles. The van der Waals surface area contributed by atoms with Crippen LogP contribution in [-0.4, -0.2) is 28.7 Å². The van der Waals surface area contributed by atoms with Crippen LogP contribution in [0.4, 0.5) is 14.5 Å². The van der Waals surface area contributed by atoms with Crippen LogP contribution in [0.1, 0.15) is 29.2 Å². The molecule has 2 aromatic rings. The average molecular weight is 332 g/mol. The van der Waals surface area contributed by atoms with E-state index in [2.05, 4.69) is 0 Å². The van der Waals surface area contributed by atoms with Crippen molar-refractivity contribution < 1.29 is 18.7 Å². The zero-order valence-electron chi connectivity index (χ0n) is 12.6. The number of aromatic nitrogens is 1. The van der Waals surface area contributed by atoms with Crippen LogP contribution in [0.25, 0.3) is 10.9 Å². The lowest BCUT2D eigenvalue weighted by molar-refractivity contribution is 0.0695. The normalized spacial score (nSPS) is 17.0. The summed E-state index contributed by atoms with van der Waals surface area (Å²) in [6, 6.07) is 0.899. The molecule has 1 fully saturated rings. The van der Waals surface area contributed by atoms with Crippen LogP contribution in [0, 0.1) is 11.6 Å². The standard InChI is InChI=1S/C17H14F2N2O3/c18-12-7-10-14(13(19)15(12)20-5-1-2-6-20)21(9-3-4-9)8-11(16(10)22)17(23)24/h1-2,7-9H,3-6H2,(H,23,24). The highest BCUT2D eigenvalue weighted by atomic mass is 19.1. The number of carboxylic acid groups (broad SMARTS) is 1. The molecule has 4 rings (SSSR count). The highest BCUT2D eigenvalue weighted by Gasteiger charge is 2.30. The van der Waals surface area contributed by atoms with Crippen LogP contribution < -0.4 is 10.3 Å². The number of anilines is 1. The van der Waals surface area contributed by atoms with Gasteiger partial charge in [-0.05, 0) is 18.9 Å². The lowest BCUT2D eigenvalue weighted by Gasteiger charge is -2.21. The zero-order valence-corrected chi connectivity index (χ0v) is 12.6. The predicted molar refractivity (Wildman–Crippen MR) is 84.7 cm³/mol. The first-order valence-corrected chi connectivity index (χ1v) is 7.69. The number of hydrogen-bond donors (Lipinski definition) is 1.